The lowest BCUT2D eigenvalue weighted by Crippen LogP contribution is -2.06. The lowest BCUT2D eigenvalue weighted by atomic mass is 10.3. The Labute approximate surface area is 125 Å². The molecular formula is C13H14ClFN2O4. The van der Waals surface area contributed by atoms with Crippen molar-refractivity contribution in [1.29, 1.82) is 0 Å². The fourth-order valence-corrected chi connectivity index (χ4v) is 1.51. The number of carboxylic acid groups (broad SMARTS) is 1. The first kappa shape index (κ1) is 16.9. The summed E-state index contributed by atoms with van der Waals surface area (Å²) in [5.74, 6) is -2.62. The fraction of sp³-hybridized carbons (Fsp3) is 0.308. The molecule has 1 rings (SSSR count). The van der Waals surface area contributed by atoms with E-state index in [0.717, 1.165) is 13.0 Å². The number of aliphatic hydroxyl groups is 1. The Morgan fingerprint density at radius 2 is 2.00 bits per heavy atom. The Balaban J connectivity index is 3.19. The van der Waals surface area contributed by atoms with Gasteiger partial charge in [0.2, 0.25) is 5.70 Å². The van der Waals surface area contributed by atoms with Crippen LogP contribution in [0.25, 0.3) is 0 Å². The molecule has 0 bridgehead atoms. The van der Waals surface area contributed by atoms with Crippen LogP contribution in [-0.4, -0.2) is 22.3 Å². The molecule has 0 aliphatic carbocycles. The van der Waals surface area contributed by atoms with Crippen LogP contribution in [0.4, 0.5) is 10.1 Å². The quantitative estimate of drug-likeness (QED) is 0.483. The average Bonchev–Trinajstić information content (AvgIpc) is 2.33. The minimum absolute atomic E-state index is 0.0625. The van der Waals surface area contributed by atoms with Crippen LogP contribution < -0.4 is 4.74 Å². The molecule has 0 radical (unpaired) electrons. The molecule has 6 nitrogen and oxygen atoms in total. The number of nitrogens with zero attached hydrogens (tertiary/aromatic N) is 2. The van der Waals surface area contributed by atoms with E-state index in [-0.39, 0.29) is 22.6 Å². The second-order valence-electron chi connectivity index (χ2n) is 4.34. The number of rotatable bonds is 5. The SMILES string of the molecule is C/C(O)=C(/N=Nc1cc(OC(C)C)c(Cl)cc1F)C(=O)O. The maximum atomic E-state index is 13.7. The molecule has 2 N–H and O–H groups in total. The Hall–Kier alpha value is -2.15. The summed E-state index contributed by atoms with van der Waals surface area (Å²) in [5, 5.41) is 24.8. The summed E-state index contributed by atoms with van der Waals surface area (Å²) in [6, 6.07) is 2.19. The number of halogens is 2. The number of allylic oxidation sites excluding steroid dienone is 1. The van der Waals surface area contributed by atoms with Crippen LogP contribution in [0.15, 0.2) is 33.8 Å². The van der Waals surface area contributed by atoms with Crippen molar-refractivity contribution in [2.24, 2.45) is 10.2 Å². The largest absolute Gasteiger partial charge is 0.510 e. The highest BCUT2D eigenvalue weighted by molar-refractivity contribution is 6.32. The van der Waals surface area contributed by atoms with Gasteiger partial charge in [-0.2, -0.15) is 0 Å². The molecule has 0 unspecified atom stereocenters. The molecule has 0 saturated heterocycles. The minimum Gasteiger partial charge on any atom is -0.510 e. The van der Waals surface area contributed by atoms with E-state index in [1.54, 1.807) is 13.8 Å². The average molecular weight is 317 g/mol. The Morgan fingerprint density at radius 3 is 2.48 bits per heavy atom. The van der Waals surface area contributed by atoms with Gasteiger partial charge in [-0.15, -0.1) is 10.2 Å². The molecule has 8 heteroatoms. The van der Waals surface area contributed by atoms with E-state index in [1.165, 1.54) is 6.07 Å². The van der Waals surface area contributed by atoms with Crippen LogP contribution in [0, 0.1) is 5.82 Å². The van der Waals surface area contributed by atoms with Crippen LogP contribution in [0.5, 0.6) is 5.75 Å². The van der Waals surface area contributed by atoms with Gasteiger partial charge in [-0.1, -0.05) is 11.6 Å². The molecule has 0 fully saturated rings. The molecule has 0 aliphatic heterocycles. The number of aliphatic carboxylic acids is 1. The topological polar surface area (TPSA) is 91.5 Å². The molecule has 0 aliphatic rings. The van der Waals surface area contributed by atoms with Crippen molar-refractivity contribution >= 4 is 23.3 Å². The Bertz CT molecular complexity index is 610. The van der Waals surface area contributed by atoms with Crippen LogP contribution in [0.1, 0.15) is 20.8 Å². The molecular weight excluding hydrogens is 303 g/mol. The number of ether oxygens (including phenoxy) is 1. The normalized spacial score (nSPS) is 12.7. The first-order valence-corrected chi connectivity index (χ1v) is 6.30. The van der Waals surface area contributed by atoms with Crippen LogP contribution in [0.2, 0.25) is 5.02 Å². The molecule has 0 spiro atoms. The summed E-state index contributed by atoms with van der Waals surface area (Å²) in [5.41, 5.74) is -0.939. The van der Waals surface area contributed by atoms with E-state index >= 15 is 0 Å². The van der Waals surface area contributed by atoms with Gasteiger partial charge in [0.05, 0.1) is 11.1 Å². The van der Waals surface area contributed by atoms with Gasteiger partial charge in [-0.05, 0) is 26.8 Å². The molecule has 1 aromatic carbocycles. The van der Waals surface area contributed by atoms with Crippen molar-refractivity contribution in [3.05, 3.63) is 34.4 Å². The van der Waals surface area contributed by atoms with Gasteiger partial charge < -0.3 is 14.9 Å². The van der Waals surface area contributed by atoms with Crippen molar-refractivity contribution in [3.8, 4) is 5.75 Å². The zero-order valence-electron chi connectivity index (χ0n) is 11.6. The van der Waals surface area contributed by atoms with E-state index in [0.29, 0.717) is 0 Å². The molecule has 0 aromatic heterocycles. The maximum absolute atomic E-state index is 13.7. The van der Waals surface area contributed by atoms with E-state index in [9.17, 15) is 9.18 Å². The monoisotopic (exact) mass is 316 g/mol. The number of carboxylic acids is 1. The summed E-state index contributed by atoms with van der Waals surface area (Å²) in [7, 11) is 0. The smallest absolute Gasteiger partial charge is 0.359 e. The van der Waals surface area contributed by atoms with Gasteiger partial charge in [0, 0.05) is 6.07 Å². The maximum Gasteiger partial charge on any atom is 0.359 e. The highest BCUT2D eigenvalue weighted by Crippen LogP contribution is 2.33. The molecule has 0 saturated carbocycles. The fourth-order valence-electron chi connectivity index (χ4n) is 1.31. The molecule has 0 heterocycles. The summed E-state index contributed by atoms with van der Waals surface area (Å²) in [6.07, 6.45) is -0.188. The van der Waals surface area contributed by atoms with Gasteiger partial charge in [0.15, 0.2) is 5.82 Å². The minimum atomic E-state index is -1.48. The van der Waals surface area contributed by atoms with Gasteiger partial charge >= 0.3 is 5.97 Å². The standard InChI is InChI=1S/C13H14ClFN2O4/c1-6(2)21-11-5-10(9(15)4-8(11)14)16-17-12(7(3)18)13(19)20/h4-6,18H,1-3H3,(H,19,20)/b12-7-,17-16?. The zero-order valence-corrected chi connectivity index (χ0v) is 12.3. The first-order valence-electron chi connectivity index (χ1n) is 5.93. The lowest BCUT2D eigenvalue weighted by molar-refractivity contribution is -0.132. The molecule has 21 heavy (non-hydrogen) atoms. The van der Waals surface area contributed by atoms with Crippen LogP contribution in [-0.2, 0) is 4.79 Å². The van der Waals surface area contributed by atoms with Crippen molar-refractivity contribution in [2.75, 3.05) is 0 Å². The van der Waals surface area contributed by atoms with Gasteiger partial charge in [-0.25, -0.2) is 9.18 Å². The molecule has 1 aromatic rings. The number of hydrogen-bond donors (Lipinski definition) is 2. The third-order valence-corrected chi connectivity index (χ3v) is 2.46. The molecule has 0 atom stereocenters. The van der Waals surface area contributed by atoms with Gasteiger partial charge in [0.25, 0.3) is 0 Å². The van der Waals surface area contributed by atoms with Crippen LogP contribution in [0.3, 0.4) is 0 Å². The highest BCUT2D eigenvalue weighted by Gasteiger charge is 2.13. The van der Waals surface area contributed by atoms with Crippen molar-refractivity contribution in [1.82, 2.24) is 0 Å². The summed E-state index contributed by atoms with van der Waals surface area (Å²) >= 11 is 5.83. The second kappa shape index (κ2) is 7.03. The lowest BCUT2D eigenvalue weighted by Gasteiger charge is -2.11. The number of aliphatic hydroxyl groups excluding tert-OH is 1. The molecule has 0 amide bonds. The zero-order chi connectivity index (χ0) is 16.2. The Morgan fingerprint density at radius 1 is 1.38 bits per heavy atom. The van der Waals surface area contributed by atoms with Crippen molar-refractivity contribution < 1.29 is 24.1 Å². The third-order valence-electron chi connectivity index (χ3n) is 2.17. The number of azo groups is 1. The molecule has 114 valence electrons. The van der Waals surface area contributed by atoms with E-state index < -0.39 is 23.2 Å². The number of benzene rings is 1. The first-order chi connectivity index (χ1) is 9.72. The van der Waals surface area contributed by atoms with E-state index in [1.807, 2.05) is 0 Å². The second-order valence-corrected chi connectivity index (χ2v) is 4.75. The van der Waals surface area contributed by atoms with E-state index in [2.05, 4.69) is 10.2 Å². The van der Waals surface area contributed by atoms with Gasteiger partial charge in [-0.3, -0.25) is 0 Å². The van der Waals surface area contributed by atoms with Gasteiger partial charge in [0.1, 0.15) is 17.2 Å². The Kier molecular flexibility index (Phi) is 5.66. The predicted molar refractivity (Wildman–Crippen MR) is 74.7 cm³/mol. The van der Waals surface area contributed by atoms with Crippen LogP contribution >= 0.6 is 11.6 Å². The summed E-state index contributed by atoms with van der Waals surface area (Å²) in [4.78, 5) is 10.8. The predicted octanol–water partition coefficient (Wildman–Crippen LogP) is 4.22. The summed E-state index contributed by atoms with van der Waals surface area (Å²) < 4.78 is 19.1. The highest BCUT2D eigenvalue weighted by atomic mass is 35.5. The summed E-state index contributed by atoms with van der Waals surface area (Å²) in [6.45, 7) is 4.66. The third kappa shape index (κ3) is 4.71. The van der Waals surface area contributed by atoms with Crippen molar-refractivity contribution in [2.45, 2.75) is 26.9 Å². The number of carbonyl (C=O) groups is 1. The van der Waals surface area contributed by atoms with E-state index in [4.69, 9.17) is 26.6 Å². The van der Waals surface area contributed by atoms with Crippen molar-refractivity contribution in [3.63, 3.8) is 0 Å². The number of hydrogen-bond acceptors (Lipinski definition) is 5.